The van der Waals surface area contributed by atoms with Crippen LogP contribution >= 0.6 is 0 Å². The van der Waals surface area contributed by atoms with Crippen molar-refractivity contribution >= 4 is 24.1 Å². The van der Waals surface area contributed by atoms with E-state index in [1.807, 2.05) is 6.07 Å². The molecule has 0 aromatic heterocycles. The zero-order valence-corrected chi connectivity index (χ0v) is 30.6. The van der Waals surface area contributed by atoms with Gasteiger partial charge >= 0.3 is 11.9 Å². The van der Waals surface area contributed by atoms with Crippen molar-refractivity contribution in [3.63, 3.8) is 0 Å². The van der Waals surface area contributed by atoms with Gasteiger partial charge in [-0.15, -0.1) is 0 Å². The first kappa shape index (κ1) is 40.4. The van der Waals surface area contributed by atoms with E-state index in [4.69, 9.17) is 37.9 Å². The first-order chi connectivity index (χ1) is 26.1. The van der Waals surface area contributed by atoms with Crippen LogP contribution < -0.4 is 23.7 Å². The number of aromatic hydroxyl groups is 3. The van der Waals surface area contributed by atoms with Crippen molar-refractivity contribution in [2.24, 2.45) is 0 Å². The highest BCUT2D eigenvalue weighted by molar-refractivity contribution is 5.87. The maximum Gasteiger partial charge on any atom is 0.330 e. The molecule has 286 valence electrons. The number of aryl methyl sites for hydroxylation is 1. The zero-order chi connectivity index (χ0) is 39.0. The topological polar surface area (TPSA) is 169 Å². The summed E-state index contributed by atoms with van der Waals surface area (Å²) < 4.78 is 44.4. The fourth-order valence-corrected chi connectivity index (χ4v) is 5.32. The van der Waals surface area contributed by atoms with Crippen LogP contribution in [0, 0.1) is 0 Å². The second kappa shape index (κ2) is 20.0. The van der Waals surface area contributed by atoms with Crippen molar-refractivity contribution in [2.75, 3.05) is 48.8 Å². The van der Waals surface area contributed by atoms with Crippen molar-refractivity contribution in [3.05, 3.63) is 107 Å². The van der Waals surface area contributed by atoms with Crippen LogP contribution in [0.15, 0.2) is 84.9 Å². The lowest BCUT2D eigenvalue weighted by Crippen LogP contribution is -2.32. The third kappa shape index (κ3) is 11.3. The number of carbonyl (C=O) groups is 2. The Balaban J connectivity index is 1.43. The number of benzene rings is 4. The summed E-state index contributed by atoms with van der Waals surface area (Å²) in [6.07, 6.45) is 5.05. The number of phenolic OH excluding ortho intramolecular Hbond substituents is 3. The normalized spacial score (nSPS) is 12.2. The van der Waals surface area contributed by atoms with Crippen molar-refractivity contribution in [3.8, 4) is 46.0 Å². The Labute approximate surface area is 313 Å². The zero-order valence-electron chi connectivity index (χ0n) is 30.6. The quantitative estimate of drug-likeness (QED) is 0.0547. The van der Waals surface area contributed by atoms with E-state index in [2.05, 4.69) is 0 Å². The van der Waals surface area contributed by atoms with Crippen LogP contribution in [-0.2, 0) is 30.2 Å². The van der Waals surface area contributed by atoms with Crippen LogP contribution in [0.5, 0.6) is 46.0 Å². The van der Waals surface area contributed by atoms with Crippen molar-refractivity contribution in [2.45, 2.75) is 25.0 Å². The van der Waals surface area contributed by atoms with Crippen LogP contribution in [0.1, 0.15) is 34.8 Å². The number of phenols is 3. The maximum absolute atomic E-state index is 12.8. The van der Waals surface area contributed by atoms with Gasteiger partial charge in [0.25, 0.3) is 0 Å². The Morgan fingerprint density at radius 1 is 0.611 bits per heavy atom. The smallest absolute Gasteiger partial charge is 0.330 e. The summed E-state index contributed by atoms with van der Waals surface area (Å²) in [7, 11) is 7.28. The summed E-state index contributed by atoms with van der Waals surface area (Å²) in [4.78, 5) is 25.1. The molecule has 0 fully saturated rings. The first-order valence-electron chi connectivity index (χ1n) is 16.8. The third-order valence-corrected chi connectivity index (χ3v) is 8.11. The lowest BCUT2D eigenvalue weighted by atomic mass is 10.0. The van der Waals surface area contributed by atoms with Crippen molar-refractivity contribution < 1.29 is 62.8 Å². The molecule has 0 heterocycles. The Morgan fingerprint density at radius 3 is 1.70 bits per heavy atom. The lowest BCUT2D eigenvalue weighted by Gasteiger charge is -2.28. The first-order valence-corrected chi connectivity index (χ1v) is 16.8. The summed E-state index contributed by atoms with van der Waals surface area (Å²) in [6, 6.07) is 19.5. The molecule has 4 rings (SSSR count). The average molecular weight is 745 g/mol. The van der Waals surface area contributed by atoms with Crippen LogP contribution in [-0.4, -0.2) is 82.1 Å². The van der Waals surface area contributed by atoms with Gasteiger partial charge in [0.05, 0.1) is 35.0 Å². The standard InChI is InChI=1S/C41H44O13/c1-47-34-21-27(8-14-30(34)42)11-18-39(45)52-20-6-7-26-10-17-33(37(23-26)50-4)54-38(41(51-5)29-13-16-32(44)36(24-29)49-3)25-53-40(46)19-12-28-9-15-31(43)35(22-28)48-2/h8-19,21-24,38,41-44H,6-7,20,25H2,1-5H3/b18-11+,19-12+/t38-,41+/m1/s1. The predicted molar refractivity (Wildman–Crippen MR) is 199 cm³/mol. The molecule has 0 saturated heterocycles. The van der Waals surface area contributed by atoms with Gasteiger partial charge in [0.15, 0.2) is 52.1 Å². The minimum absolute atomic E-state index is 0.00199. The highest BCUT2D eigenvalue weighted by Crippen LogP contribution is 2.36. The van der Waals surface area contributed by atoms with Crippen LogP contribution in [0.4, 0.5) is 0 Å². The molecule has 0 saturated carbocycles. The number of carbonyl (C=O) groups excluding carboxylic acids is 2. The number of esters is 2. The van der Waals surface area contributed by atoms with Gasteiger partial charge in [0.1, 0.15) is 12.7 Å². The molecular weight excluding hydrogens is 700 g/mol. The second-order valence-corrected chi connectivity index (χ2v) is 11.7. The molecule has 4 aromatic carbocycles. The van der Waals surface area contributed by atoms with Crippen molar-refractivity contribution in [1.82, 2.24) is 0 Å². The molecule has 0 unspecified atom stereocenters. The SMILES string of the molecule is COc1cc(/C=C/C(=O)OCCCc2ccc(O[C@H](COC(=O)/C=C/c3ccc(O)c(OC)c3)[C@@H](OC)c3ccc(O)c(OC)c3)c(OC)c2)ccc1O. The molecule has 54 heavy (non-hydrogen) atoms. The van der Waals surface area contributed by atoms with Gasteiger partial charge in [-0.05, 0) is 95.8 Å². The van der Waals surface area contributed by atoms with E-state index in [-0.39, 0.29) is 42.0 Å². The van der Waals surface area contributed by atoms with Gasteiger partial charge in [0, 0.05) is 19.3 Å². The predicted octanol–water partition coefficient (Wildman–Crippen LogP) is 6.42. The van der Waals surface area contributed by atoms with E-state index in [1.165, 1.54) is 72.0 Å². The highest BCUT2D eigenvalue weighted by atomic mass is 16.6. The molecule has 0 spiro atoms. The van der Waals surface area contributed by atoms with Crippen LogP contribution in [0.2, 0.25) is 0 Å². The molecule has 0 aliphatic carbocycles. The monoisotopic (exact) mass is 744 g/mol. The van der Waals surface area contributed by atoms with Gasteiger partial charge in [-0.2, -0.15) is 0 Å². The van der Waals surface area contributed by atoms with Gasteiger partial charge in [-0.1, -0.05) is 24.3 Å². The molecule has 0 aliphatic rings. The van der Waals surface area contributed by atoms with Gasteiger partial charge in [-0.25, -0.2) is 9.59 Å². The fraction of sp³-hybridized carbons (Fsp3) is 0.268. The second-order valence-electron chi connectivity index (χ2n) is 11.7. The van der Waals surface area contributed by atoms with E-state index in [0.29, 0.717) is 46.8 Å². The van der Waals surface area contributed by atoms with E-state index in [1.54, 1.807) is 54.6 Å². The Bertz CT molecular complexity index is 1930. The molecule has 13 heteroatoms. The summed E-state index contributed by atoms with van der Waals surface area (Å²) >= 11 is 0. The highest BCUT2D eigenvalue weighted by Gasteiger charge is 2.29. The molecule has 0 aliphatic heterocycles. The largest absolute Gasteiger partial charge is 0.504 e. The molecule has 3 N–H and O–H groups in total. The third-order valence-electron chi connectivity index (χ3n) is 8.11. The fourth-order valence-electron chi connectivity index (χ4n) is 5.32. The summed E-state index contributed by atoms with van der Waals surface area (Å²) in [6.45, 7) is -0.0643. The number of ether oxygens (including phenoxy) is 8. The van der Waals surface area contributed by atoms with E-state index in [9.17, 15) is 24.9 Å². The Hall–Kier alpha value is -6.34. The van der Waals surface area contributed by atoms with E-state index in [0.717, 1.165) is 5.56 Å². The summed E-state index contributed by atoms with van der Waals surface area (Å²) in [5, 5.41) is 29.8. The Kier molecular flexibility index (Phi) is 15.0. The summed E-state index contributed by atoms with van der Waals surface area (Å²) in [5.41, 5.74) is 2.75. The van der Waals surface area contributed by atoms with E-state index < -0.39 is 24.1 Å². The average Bonchev–Trinajstić information content (AvgIpc) is 3.18. The minimum atomic E-state index is -0.898. The molecule has 4 aromatic rings. The van der Waals surface area contributed by atoms with Gasteiger partial charge < -0.3 is 53.2 Å². The summed E-state index contributed by atoms with van der Waals surface area (Å²) in [5.74, 6) is 0.278. The van der Waals surface area contributed by atoms with Crippen LogP contribution in [0.25, 0.3) is 12.2 Å². The van der Waals surface area contributed by atoms with Crippen molar-refractivity contribution in [1.29, 1.82) is 0 Å². The molecule has 0 bridgehead atoms. The number of rotatable bonds is 19. The maximum atomic E-state index is 12.8. The van der Waals surface area contributed by atoms with Crippen LogP contribution in [0.3, 0.4) is 0 Å². The lowest BCUT2D eigenvalue weighted by molar-refractivity contribution is -0.143. The van der Waals surface area contributed by atoms with Gasteiger partial charge in [0.2, 0.25) is 0 Å². The number of hydrogen-bond acceptors (Lipinski definition) is 13. The number of methoxy groups -OCH3 is 5. The molecule has 13 nitrogen and oxygen atoms in total. The molecule has 0 radical (unpaired) electrons. The van der Waals surface area contributed by atoms with Gasteiger partial charge in [-0.3, -0.25) is 0 Å². The molecular formula is C41H44O13. The Morgan fingerprint density at radius 2 is 1.15 bits per heavy atom. The van der Waals surface area contributed by atoms with E-state index >= 15 is 0 Å². The minimum Gasteiger partial charge on any atom is -0.504 e. The molecule has 0 amide bonds. The number of hydrogen-bond donors (Lipinski definition) is 3. The molecule has 2 atom stereocenters.